The van der Waals surface area contributed by atoms with E-state index in [1.807, 2.05) is 36.1 Å². The smallest absolute Gasteiger partial charge is 0.234 e. The van der Waals surface area contributed by atoms with Gasteiger partial charge < -0.3 is 5.32 Å². The highest BCUT2D eigenvalue weighted by molar-refractivity contribution is 9.10. The third kappa shape index (κ3) is 3.68. The van der Waals surface area contributed by atoms with E-state index in [9.17, 15) is 9.18 Å². The van der Waals surface area contributed by atoms with Crippen molar-refractivity contribution in [2.45, 2.75) is 12.1 Å². The Kier molecular flexibility index (Phi) is 5.00. The zero-order valence-electron chi connectivity index (χ0n) is 12.6. The van der Waals surface area contributed by atoms with Crippen LogP contribution in [-0.4, -0.2) is 31.2 Å². The maximum atomic E-state index is 13.5. The normalized spacial score (nSPS) is 10.8. The van der Waals surface area contributed by atoms with Crippen LogP contribution in [0.15, 0.2) is 52.4 Å². The van der Waals surface area contributed by atoms with Crippen molar-refractivity contribution in [1.29, 1.82) is 0 Å². The molecule has 124 valence electrons. The summed E-state index contributed by atoms with van der Waals surface area (Å²) in [5, 5.41) is 11.4. The number of anilines is 1. The Morgan fingerprint density at radius 1 is 1.33 bits per heavy atom. The van der Waals surface area contributed by atoms with Crippen LogP contribution in [0.4, 0.5) is 10.1 Å². The summed E-state index contributed by atoms with van der Waals surface area (Å²) in [6.45, 7) is 1.84. The molecule has 0 unspecified atom stereocenters. The molecule has 2 heterocycles. The lowest BCUT2D eigenvalue weighted by molar-refractivity contribution is -0.113. The molecule has 9 heteroatoms. The van der Waals surface area contributed by atoms with Gasteiger partial charge in [-0.05, 0) is 53.2 Å². The summed E-state index contributed by atoms with van der Waals surface area (Å²) < 4.78 is 17.5. The van der Waals surface area contributed by atoms with Crippen LogP contribution in [0.25, 0.3) is 0 Å². The number of carbonyl (C=O) groups excluding carboxylic acids is 1. The van der Waals surface area contributed by atoms with E-state index in [0.717, 1.165) is 0 Å². The number of amides is 1. The number of halogens is 2. The van der Waals surface area contributed by atoms with E-state index < -0.39 is 5.82 Å². The Morgan fingerprint density at radius 2 is 2.08 bits per heavy atom. The van der Waals surface area contributed by atoms with Crippen molar-refractivity contribution in [3.8, 4) is 0 Å². The van der Waals surface area contributed by atoms with Crippen molar-refractivity contribution in [3.63, 3.8) is 0 Å². The SMILES string of the molecule is Cc1nnc(SCC(=O)Nc2ccc(Br)c(F)c2)n1-n1cccc1. The second-order valence-corrected chi connectivity index (χ2v) is 6.67. The molecule has 1 N–H and O–H groups in total. The molecule has 1 amide bonds. The summed E-state index contributed by atoms with van der Waals surface area (Å²) in [7, 11) is 0. The summed E-state index contributed by atoms with van der Waals surface area (Å²) in [4.78, 5) is 12.1. The van der Waals surface area contributed by atoms with Crippen LogP contribution in [0.2, 0.25) is 0 Å². The molecule has 24 heavy (non-hydrogen) atoms. The van der Waals surface area contributed by atoms with Gasteiger partial charge in [-0.3, -0.25) is 9.47 Å². The number of aromatic nitrogens is 4. The number of nitrogens with zero attached hydrogens (tertiary/aromatic N) is 4. The quantitative estimate of drug-likeness (QED) is 0.656. The Hall–Kier alpha value is -2.13. The summed E-state index contributed by atoms with van der Waals surface area (Å²) >= 11 is 4.33. The standard InChI is InChI=1S/C15H13BrFN5OS/c1-10-19-20-15(22(10)21-6-2-3-7-21)24-9-14(23)18-11-4-5-12(16)13(17)8-11/h2-8H,9H2,1H3,(H,18,23). The molecule has 3 aromatic rings. The Morgan fingerprint density at radius 3 is 2.79 bits per heavy atom. The predicted octanol–water partition coefficient (Wildman–Crippen LogP) is 3.33. The van der Waals surface area contributed by atoms with Crippen molar-refractivity contribution < 1.29 is 9.18 Å². The molecule has 0 aliphatic rings. The lowest BCUT2D eigenvalue weighted by Crippen LogP contribution is -2.16. The van der Waals surface area contributed by atoms with Gasteiger partial charge in [0.2, 0.25) is 11.1 Å². The third-order valence-corrected chi connectivity index (χ3v) is 4.69. The molecule has 3 rings (SSSR count). The molecule has 1 aromatic carbocycles. The Bertz CT molecular complexity index is 865. The van der Waals surface area contributed by atoms with Crippen LogP contribution in [0.1, 0.15) is 5.82 Å². The van der Waals surface area contributed by atoms with E-state index in [1.165, 1.54) is 17.8 Å². The molecule has 0 saturated heterocycles. The van der Waals surface area contributed by atoms with Gasteiger partial charge in [0.25, 0.3) is 0 Å². The minimum Gasteiger partial charge on any atom is -0.325 e. The number of thioether (sulfide) groups is 1. The van der Waals surface area contributed by atoms with Gasteiger partial charge in [-0.2, -0.15) is 0 Å². The van der Waals surface area contributed by atoms with Gasteiger partial charge in [0.05, 0.1) is 10.2 Å². The maximum absolute atomic E-state index is 13.5. The molecule has 6 nitrogen and oxygen atoms in total. The van der Waals surface area contributed by atoms with Crippen LogP contribution in [0, 0.1) is 12.7 Å². The van der Waals surface area contributed by atoms with Crippen molar-refractivity contribution >= 4 is 39.3 Å². The van der Waals surface area contributed by atoms with Gasteiger partial charge >= 0.3 is 0 Å². The van der Waals surface area contributed by atoms with Gasteiger partial charge in [-0.15, -0.1) is 10.2 Å². The first-order valence-electron chi connectivity index (χ1n) is 6.98. The van der Waals surface area contributed by atoms with E-state index in [4.69, 9.17) is 0 Å². The van der Waals surface area contributed by atoms with Gasteiger partial charge in [0, 0.05) is 18.1 Å². The second-order valence-electron chi connectivity index (χ2n) is 4.87. The number of rotatable bonds is 5. The minimum absolute atomic E-state index is 0.136. The van der Waals surface area contributed by atoms with E-state index in [1.54, 1.807) is 16.8 Å². The highest BCUT2D eigenvalue weighted by atomic mass is 79.9. The Labute approximate surface area is 150 Å². The summed E-state index contributed by atoms with van der Waals surface area (Å²) in [6.07, 6.45) is 3.73. The van der Waals surface area contributed by atoms with Gasteiger partial charge in [-0.25, -0.2) is 9.07 Å². The van der Waals surface area contributed by atoms with Crippen molar-refractivity contribution in [3.05, 3.63) is 58.8 Å². The van der Waals surface area contributed by atoms with Gasteiger partial charge in [0.1, 0.15) is 5.82 Å². The number of hydrogen-bond donors (Lipinski definition) is 1. The fourth-order valence-corrected chi connectivity index (χ4v) is 3.08. The zero-order chi connectivity index (χ0) is 17.1. The molecular weight excluding hydrogens is 397 g/mol. The third-order valence-electron chi connectivity index (χ3n) is 3.12. The van der Waals surface area contributed by atoms with Crippen molar-refractivity contribution in [2.75, 3.05) is 11.1 Å². The maximum Gasteiger partial charge on any atom is 0.234 e. The first-order chi connectivity index (χ1) is 11.5. The lowest BCUT2D eigenvalue weighted by atomic mass is 10.3. The molecule has 0 aliphatic heterocycles. The van der Waals surface area contributed by atoms with Crippen LogP contribution in [0.5, 0.6) is 0 Å². The summed E-state index contributed by atoms with van der Waals surface area (Å²) in [5.74, 6) is 0.172. The number of aryl methyl sites for hydroxylation is 1. The molecule has 0 fully saturated rings. The lowest BCUT2D eigenvalue weighted by Gasteiger charge is -2.09. The number of carbonyl (C=O) groups is 1. The molecule has 0 bridgehead atoms. The highest BCUT2D eigenvalue weighted by Gasteiger charge is 2.13. The molecule has 0 saturated carbocycles. The van der Waals surface area contributed by atoms with Crippen LogP contribution < -0.4 is 5.32 Å². The molecule has 0 aliphatic carbocycles. The molecule has 0 radical (unpaired) electrons. The summed E-state index contributed by atoms with van der Waals surface area (Å²) in [6, 6.07) is 8.22. The second kappa shape index (κ2) is 7.18. The van der Waals surface area contributed by atoms with Crippen LogP contribution >= 0.6 is 27.7 Å². The van der Waals surface area contributed by atoms with Crippen molar-refractivity contribution in [2.24, 2.45) is 0 Å². The van der Waals surface area contributed by atoms with Gasteiger partial charge in [-0.1, -0.05) is 11.8 Å². The first kappa shape index (κ1) is 16.7. The molecular formula is C15H13BrFN5OS. The van der Waals surface area contributed by atoms with Crippen LogP contribution in [-0.2, 0) is 4.79 Å². The Balaban J connectivity index is 1.66. The zero-order valence-corrected chi connectivity index (χ0v) is 15.0. The van der Waals surface area contributed by atoms with Crippen molar-refractivity contribution in [1.82, 2.24) is 19.5 Å². The van der Waals surface area contributed by atoms with E-state index in [2.05, 4.69) is 31.4 Å². The molecule has 0 spiro atoms. The van der Waals surface area contributed by atoms with Crippen LogP contribution in [0.3, 0.4) is 0 Å². The van der Waals surface area contributed by atoms with E-state index >= 15 is 0 Å². The average Bonchev–Trinajstić information content (AvgIpc) is 3.18. The fourth-order valence-electron chi connectivity index (χ4n) is 2.05. The largest absolute Gasteiger partial charge is 0.325 e. The van der Waals surface area contributed by atoms with E-state index in [0.29, 0.717) is 21.1 Å². The number of nitrogens with one attached hydrogen (secondary N) is 1. The average molecular weight is 410 g/mol. The number of hydrogen-bond acceptors (Lipinski definition) is 4. The highest BCUT2D eigenvalue weighted by Crippen LogP contribution is 2.21. The summed E-state index contributed by atoms with van der Waals surface area (Å²) in [5.41, 5.74) is 0.407. The molecule has 2 aromatic heterocycles. The monoisotopic (exact) mass is 409 g/mol. The molecule has 0 atom stereocenters. The predicted molar refractivity (Wildman–Crippen MR) is 93.4 cm³/mol. The number of benzene rings is 1. The topological polar surface area (TPSA) is 64.7 Å². The first-order valence-corrected chi connectivity index (χ1v) is 8.76. The minimum atomic E-state index is -0.427. The van der Waals surface area contributed by atoms with Gasteiger partial charge in [0.15, 0.2) is 5.82 Å². The fraction of sp³-hybridized carbons (Fsp3) is 0.133. The van der Waals surface area contributed by atoms with E-state index in [-0.39, 0.29) is 11.7 Å².